The quantitative estimate of drug-likeness (QED) is 0.630. The van der Waals surface area contributed by atoms with E-state index in [0.29, 0.717) is 0 Å². The summed E-state index contributed by atoms with van der Waals surface area (Å²) in [5, 5.41) is 0. The summed E-state index contributed by atoms with van der Waals surface area (Å²) in [6.07, 6.45) is 0.840. The van der Waals surface area contributed by atoms with Crippen molar-refractivity contribution in [2.75, 3.05) is 6.54 Å². The standard InChI is InChI=1S/C6H13NO2.ClH/c1-3-5(2)9-6(8)4-7;/h5H,3-4,7H2,1-2H3;1H. The zero-order chi connectivity index (χ0) is 7.28. The molecule has 0 heterocycles. The van der Waals surface area contributed by atoms with E-state index >= 15 is 0 Å². The zero-order valence-corrected chi connectivity index (χ0v) is 7.11. The molecule has 0 rings (SSSR count). The van der Waals surface area contributed by atoms with E-state index < -0.39 is 0 Å². The molecule has 0 saturated heterocycles. The number of hydrogen-bond acceptors (Lipinski definition) is 3. The predicted molar refractivity (Wildman–Crippen MR) is 42.1 cm³/mol. The van der Waals surface area contributed by atoms with Gasteiger partial charge in [-0.3, -0.25) is 4.79 Å². The SMILES string of the molecule is CCC(C)OC(=O)CN.Cl. The Balaban J connectivity index is 0. The summed E-state index contributed by atoms with van der Waals surface area (Å²) in [6, 6.07) is 0. The maximum atomic E-state index is 10.4. The summed E-state index contributed by atoms with van der Waals surface area (Å²) in [7, 11) is 0. The summed E-state index contributed by atoms with van der Waals surface area (Å²) in [4.78, 5) is 10.4. The molecular formula is C6H14ClNO2. The first-order valence-corrected chi connectivity index (χ1v) is 3.10. The van der Waals surface area contributed by atoms with E-state index in [1.165, 1.54) is 0 Å². The minimum absolute atomic E-state index is 0. The molecule has 0 aromatic heterocycles. The lowest BCUT2D eigenvalue weighted by Crippen LogP contribution is -2.21. The van der Waals surface area contributed by atoms with Crippen LogP contribution in [0.2, 0.25) is 0 Å². The Morgan fingerprint density at radius 3 is 2.50 bits per heavy atom. The molecule has 1 atom stereocenters. The number of esters is 1. The van der Waals surface area contributed by atoms with Gasteiger partial charge in [0.15, 0.2) is 0 Å². The molecule has 10 heavy (non-hydrogen) atoms. The van der Waals surface area contributed by atoms with Crippen LogP contribution in [-0.2, 0) is 9.53 Å². The van der Waals surface area contributed by atoms with E-state index in [0.717, 1.165) is 6.42 Å². The van der Waals surface area contributed by atoms with Crippen molar-refractivity contribution in [1.82, 2.24) is 0 Å². The Kier molecular flexibility index (Phi) is 8.48. The van der Waals surface area contributed by atoms with Crippen LogP contribution in [0.5, 0.6) is 0 Å². The van der Waals surface area contributed by atoms with Crippen molar-refractivity contribution in [2.24, 2.45) is 5.73 Å². The molecular weight excluding hydrogens is 154 g/mol. The molecule has 3 nitrogen and oxygen atoms in total. The van der Waals surface area contributed by atoms with Crippen molar-refractivity contribution in [3.05, 3.63) is 0 Å². The minimum atomic E-state index is -0.329. The van der Waals surface area contributed by atoms with Crippen LogP contribution in [0.25, 0.3) is 0 Å². The summed E-state index contributed by atoms with van der Waals surface area (Å²) in [5.74, 6) is -0.329. The molecule has 0 aliphatic carbocycles. The van der Waals surface area contributed by atoms with Gasteiger partial charge in [-0.1, -0.05) is 6.92 Å². The monoisotopic (exact) mass is 167 g/mol. The van der Waals surface area contributed by atoms with Crippen LogP contribution in [0.4, 0.5) is 0 Å². The first-order chi connectivity index (χ1) is 4.20. The van der Waals surface area contributed by atoms with Crippen molar-refractivity contribution >= 4 is 18.4 Å². The molecule has 2 N–H and O–H groups in total. The first-order valence-electron chi connectivity index (χ1n) is 3.10. The molecule has 1 unspecified atom stereocenters. The Hall–Kier alpha value is -0.280. The number of carbonyl (C=O) groups is 1. The number of ether oxygens (including phenoxy) is 1. The highest BCUT2D eigenvalue weighted by atomic mass is 35.5. The lowest BCUT2D eigenvalue weighted by atomic mass is 10.3. The van der Waals surface area contributed by atoms with Crippen LogP contribution in [0.1, 0.15) is 20.3 Å². The summed E-state index contributed by atoms with van der Waals surface area (Å²) in [6.45, 7) is 3.77. The van der Waals surface area contributed by atoms with Gasteiger partial charge in [-0.25, -0.2) is 0 Å². The molecule has 0 aliphatic heterocycles. The van der Waals surface area contributed by atoms with Crippen molar-refractivity contribution in [1.29, 1.82) is 0 Å². The molecule has 0 aromatic rings. The van der Waals surface area contributed by atoms with Gasteiger partial charge < -0.3 is 10.5 Å². The van der Waals surface area contributed by atoms with E-state index in [4.69, 9.17) is 10.5 Å². The summed E-state index contributed by atoms with van der Waals surface area (Å²) < 4.78 is 4.78. The van der Waals surface area contributed by atoms with Crippen LogP contribution in [0.15, 0.2) is 0 Å². The lowest BCUT2D eigenvalue weighted by molar-refractivity contribution is -0.146. The highest BCUT2D eigenvalue weighted by molar-refractivity contribution is 5.85. The fourth-order valence-corrected chi connectivity index (χ4v) is 0.356. The highest BCUT2D eigenvalue weighted by Crippen LogP contribution is 1.94. The smallest absolute Gasteiger partial charge is 0.319 e. The van der Waals surface area contributed by atoms with E-state index in [1.54, 1.807) is 0 Å². The fourth-order valence-electron chi connectivity index (χ4n) is 0.356. The lowest BCUT2D eigenvalue weighted by Gasteiger charge is -2.08. The second kappa shape index (κ2) is 6.83. The van der Waals surface area contributed by atoms with Gasteiger partial charge in [0.05, 0.1) is 12.6 Å². The molecule has 0 radical (unpaired) electrons. The van der Waals surface area contributed by atoms with E-state index in [-0.39, 0.29) is 31.0 Å². The van der Waals surface area contributed by atoms with Gasteiger partial charge in [0.2, 0.25) is 0 Å². The molecule has 0 saturated carbocycles. The fraction of sp³-hybridized carbons (Fsp3) is 0.833. The molecule has 4 heteroatoms. The van der Waals surface area contributed by atoms with Crippen LogP contribution in [-0.4, -0.2) is 18.6 Å². The minimum Gasteiger partial charge on any atom is -0.462 e. The zero-order valence-electron chi connectivity index (χ0n) is 6.29. The maximum Gasteiger partial charge on any atom is 0.319 e. The third kappa shape index (κ3) is 5.85. The van der Waals surface area contributed by atoms with Gasteiger partial charge in [-0.2, -0.15) is 0 Å². The average Bonchev–Trinajstić information content (AvgIpc) is 1.87. The Bertz CT molecular complexity index is 97.7. The molecule has 62 valence electrons. The molecule has 0 aliphatic rings. The average molecular weight is 168 g/mol. The van der Waals surface area contributed by atoms with Gasteiger partial charge in [-0.05, 0) is 13.3 Å². The molecule has 0 aromatic carbocycles. The number of nitrogens with two attached hydrogens (primary N) is 1. The van der Waals surface area contributed by atoms with Crippen LogP contribution in [0, 0.1) is 0 Å². The van der Waals surface area contributed by atoms with Gasteiger partial charge in [0.25, 0.3) is 0 Å². The van der Waals surface area contributed by atoms with Crippen molar-refractivity contribution in [2.45, 2.75) is 26.4 Å². The molecule has 0 spiro atoms. The van der Waals surface area contributed by atoms with E-state index in [9.17, 15) is 4.79 Å². The van der Waals surface area contributed by atoms with E-state index in [1.807, 2.05) is 13.8 Å². The largest absolute Gasteiger partial charge is 0.462 e. The highest BCUT2D eigenvalue weighted by Gasteiger charge is 2.03. The molecule has 0 fully saturated rings. The predicted octanol–water partition coefficient (Wildman–Crippen LogP) is 0.709. The third-order valence-electron chi connectivity index (χ3n) is 1.07. The second-order valence-electron chi connectivity index (χ2n) is 1.91. The maximum absolute atomic E-state index is 10.4. The second-order valence-corrected chi connectivity index (χ2v) is 1.91. The van der Waals surface area contributed by atoms with Crippen molar-refractivity contribution < 1.29 is 9.53 Å². The van der Waals surface area contributed by atoms with Gasteiger partial charge >= 0.3 is 5.97 Å². The van der Waals surface area contributed by atoms with Gasteiger partial charge in [0, 0.05) is 0 Å². The number of carbonyl (C=O) groups excluding carboxylic acids is 1. The van der Waals surface area contributed by atoms with E-state index in [2.05, 4.69) is 0 Å². The van der Waals surface area contributed by atoms with Crippen LogP contribution < -0.4 is 5.73 Å². The number of halogens is 1. The van der Waals surface area contributed by atoms with Gasteiger partial charge in [0.1, 0.15) is 0 Å². The van der Waals surface area contributed by atoms with Gasteiger partial charge in [-0.15, -0.1) is 12.4 Å². The first kappa shape index (κ1) is 12.4. The summed E-state index contributed by atoms with van der Waals surface area (Å²) >= 11 is 0. The molecule has 0 bridgehead atoms. The Morgan fingerprint density at radius 2 is 2.20 bits per heavy atom. The number of rotatable bonds is 3. The Morgan fingerprint density at radius 1 is 1.70 bits per heavy atom. The number of hydrogen-bond donors (Lipinski definition) is 1. The van der Waals surface area contributed by atoms with Crippen molar-refractivity contribution in [3.63, 3.8) is 0 Å². The van der Waals surface area contributed by atoms with Crippen molar-refractivity contribution in [3.8, 4) is 0 Å². The normalized spacial score (nSPS) is 11.5. The van der Waals surface area contributed by atoms with Crippen LogP contribution >= 0.6 is 12.4 Å². The third-order valence-corrected chi connectivity index (χ3v) is 1.07. The van der Waals surface area contributed by atoms with Crippen LogP contribution in [0.3, 0.4) is 0 Å². The molecule has 0 amide bonds. The topological polar surface area (TPSA) is 52.3 Å². The summed E-state index contributed by atoms with van der Waals surface area (Å²) in [5.41, 5.74) is 5.00. The Labute approximate surface area is 67.3 Å².